The van der Waals surface area contributed by atoms with Crippen LogP contribution in [0.3, 0.4) is 0 Å². The highest BCUT2D eigenvalue weighted by Crippen LogP contribution is 2.00. The van der Waals surface area contributed by atoms with Gasteiger partial charge in [-0.05, 0) is 0 Å². The molecule has 0 aliphatic carbocycles. The van der Waals surface area contributed by atoms with Crippen LogP contribution in [0.25, 0.3) is 0 Å². The first-order chi connectivity index (χ1) is 2.27. The average molecular weight is 130 g/mol. The lowest BCUT2D eigenvalue weighted by atomic mass is 10.9. The zero-order valence-corrected chi connectivity index (χ0v) is 4.78. The van der Waals surface area contributed by atoms with E-state index in [1.54, 1.807) is 0 Å². The molecule has 5 heavy (non-hydrogen) atoms. The maximum Gasteiger partial charge on any atom is 0.103 e. The molecule has 0 aliphatic heterocycles. The molecular formula is C2H3Cl2S. The zero-order chi connectivity index (χ0) is 4.28. The largest absolute Gasteiger partial charge is 0.124 e. The highest BCUT2D eigenvalue weighted by atomic mass is 35.5. The normalized spacial score (nSPS) is 15.0. The maximum atomic E-state index is 5.15. The summed E-state index contributed by atoms with van der Waals surface area (Å²) in [4.78, 5) is 0. The van der Waals surface area contributed by atoms with E-state index >= 15 is 0 Å². The minimum atomic E-state index is -0.295. The molecule has 0 spiro atoms. The zero-order valence-electron chi connectivity index (χ0n) is 2.45. The molecule has 0 nitrogen and oxygen atoms in total. The van der Waals surface area contributed by atoms with E-state index in [-0.39, 0.29) is 4.71 Å². The van der Waals surface area contributed by atoms with Crippen molar-refractivity contribution < 1.29 is 0 Å². The Labute approximate surface area is 46.9 Å². The summed E-state index contributed by atoms with van der Waals surface area (Å²) < 4.78 is -0.295. The van der Waals surface area contributed by atoms with Crippen molar-refractivity contribution in [3.05, 3.63) is 0 Å². The Morgan fingerprint density at radius 1 is 1.80 bits per heavy atom. The second kappa shape index (κ2) is 3.13. The first kappa shape index (κ1) is 5.93. The SMILES string of the molecule is [S]C(Cl)CCl. The van der Waals surface area contributed by atoms with Crippen molar-refractivity contribution in [1.82, 2.24) is 0 Å². The van der Waals surface area contributed by atoms with E-state index in [4.69, 9.17) is 23.2 Å². The van der Waals surface area contributed by atoms with E-state index in [2.05, 4.69) is 12.6 Å². The predicted octanol–water partition coefficient (Wildman–Crippen LogP) is 1.99. The Kier molecular flexibility index (Phi) is 3.72. The van der Waals surface area contributed by atoms with Gasteiger partial charge in [-0.3, -0.25) is 0 Å². The molecule has 1 atom stereocenters. The van der Waals surface area contributed by atoms with Crippen LogP contribution in [0.1, 0.15) is 0 Å². The molecule has 0 fully saturated rings. The van der Waals surface area contributed by atoms with E-state index in [9.17, 15) is 0 Å². The minimum absolute atomic E-state index is 0.295. The lowest BCUT2D eigenvalue weighted by Crippen LogP contribution is -1.82. The van der Waals surface area contributed by atoms with Gasteiger partial charge in [0.15, 0.2) is 0 Å². The van der Waals surface area contributed by atoms with Crippen LogP contribution >= 0.6 is 35.8 Å². The van der Waals surface area contributed by atoms with Crippen LogP contribution in [0, 0.1) is 0 Å². The molecule has 3 heteroatoms. The molecule has 0 N–H and O–H groups in total. The summed E-state index contributed by atoms with van der Waals surface area (Å²) in [6.07, 6.45) is 0. The van der Waals surface area contributed by atoms with Crippen molar-refractivity contribution in [2.45, 2.75) is 4.71 Å². The standard InChI is InChI=1S/C2H3Cl2S/c3-1-2(4)5/h2H,1H2. The molecular weight excluding hydrogens is 127 g/mol. The summed E-state index contributed by atoms with van der Waals surface area (Å²) in [5, 5.41) is 0. The van der Waals surface area contributed by atoms with Gasteiger partial charge in [0.2, 0.25) is 0 Å². The highest BCUT2D eigenvalue weighted by Gasteiger charge is 1.88. The third-order valence-electron chi connectivity index (χ3n) is 0.121. The quantitative estimate of drug-likeness (QED) is 0.476. The number of rotatable bonds is 1. The molecule has 0 bridgehead atoms. The summed E-state index contributed by atoms with van der Waals surface area (Å²) in [6, 6.07) is 0. The summed E-state index contributed by atoms with van der Waals surface area (Å²) in [5.74, 6) is 0.358. The van der Waals surface area contributed by atoms with Crippen molar-refractivity contribution in [3.8, 4) is 0 Å². The molecule has 0 rings (SSSR count). The first-order valence-corrected chi connectivity index (χ1v) is 2.57. The Hall–Kier alpha value is 0.930. The van der Waals surface area contributed by atoms with Gasteiger partial charge in [0.25, 0.3) is 0 Å². The number of alkyl halides is 2. The molecule has 0 aromatic heterocycles. The van der Waals surface area contributed by atoms with Gasteiger partial charge in [0, 0.05) is 5.88 Å². The molecule has 0 heterocycles. The minimum Gasteiger partial charge on any atom is -0.124 e. The fourth-order valence-electron chi connectivity index (χ4n) is 0. The van der Waals surface area contributed by atoms with Crippen LogP contribution in [0.2, 0.25) is 0 Å². The monoisotopic (exact) mass is 129 g/mol. The Morgan fingerprint density at radius 2 is 2.00 bits per heavy atom. The molecule has 0 aromatic rings. The Bertz CT molecular complexity index is 21.6. The molecule has 0 aliphatic rings. The topological polar surface area (TPSA) is 0 Å². The number of hydrogen-bond donors (Lipinski definition) is 0. The van der Waals surface area contributed by atoms with Gasteiger partial charge in [-0.25, -0.2) is 0 Å². The van der Waals surface area contributed by atoms with E-state index < -0.39 is 0 Å². The van der Waals surface area contributed by atoms with Gasteiger partial charge in [0.1, 0.15) is 4.71 Å². The first-order valence-electron chi connectivity index (χ1n) is 1.13. The molecule has 0 saturated carbocycles. The predicted molar refractivity (Wildman–Crippen MR) is 28.0 cm³/mol. The Morgan fingerprint density at radius 3 is 2.00 bits per heavy atom. The lowest BCUT2D eigenvalue weighted by molar-refractivity contribution is 1.43. The van der Waals surface area contributed by atoms with Gasteiger partial charge < -0.3 is 0 Å². The smallest absolute Gasteiger partial charge is 0.103 e. The third-order valence-corrected chi connectivity index (χ3v) is 1.09. The molecule has 1 unspecified atom stereocenters. The summed E-state index contributed by atoms with van der Waals surface area (Å²) >= 11 is 14.7. The summed E-state index contributed by atoms with van der Waals surface area (Å²) in [5.41, 5.74) is 0. The van der Waals surface area contributed by atoms with Crippen LogP contribution in [0.15, 0.2) is 0 Å². The van der Waals surface area contributed by atoms with Gasteiger partial charge in [-0.2, -0.15) is 0 Å². The van der Waals surface area contributed by atoms with Crippen molar-refractivity contribution in [1.29, 1.82) is 0 Å². The van der Waals surface area contributed by atoms with Crippen molar-refractivity contribution in [2.24, 2.45) is 0 Å². The van der Waals surface area contributed by atoms with E-state index in [1.165, 1.54) is 0 Å². The molecule has 31 valence electrons. The van der Waals surface area contributed by atoms with E-state index in [0.29, 0.717) is 5.88 Å². The van der Waals surface area contributed by atoms with E-state index in [0.717, 1.165) is 0 Å². The molecule has 0 aromatic carbocycles. The number of hydrogen-bond acceptors (Lipinski definition) is 0. The van der Waals surface area contributed by atoms with E-state index in [1.807, 2.05) is 0 Å². The van der Waals surface area contributed by atoms with Crippen molar-refractivity contribution >= 4 is 35.8 Å². The summed E-state index contributed by atoms with van der Waals surface area (Å²) in [6.45, 7) is 0. The van der Waals surface area contributed by atoms with Crippen LogP contribution in [0.4, 0.5) is 0 Å². The van der Waals surface area contributed by atoms with Gasteiger partial charge in [0.05, 0.1) is 0 Å². The van der Waals surface area contributed by atoms with Crippen molar-refractivity contribution in [2.75, 3.05) is 5.88 Å². The fraction of sp³-hybridized carbons (Fsp3) is 1.00. The molecule has 1 radical (unpaired) electrons. The molecule has 0 amide bonds. The maximum absolute atomic E-state index is 5.15. The van der Waals surface area contributed by atoms with Crippen LogP contribution in [-0.4, -0.2) is 10.6 Å². The van der Waals surface area contributed by atoms with Gasteiger partial charge in [-0.1, -0.05) is 12.6 Å². The fourth-order valence-corrected chi connectivity index (χ4v) is 0. The summed E-state index contributed by atoms with van der Waals surface area (Å²) in [7, 11) is 0. The second-order valence-electron chi connectivity index (χ2n) is 0.564. The number of halogens is 2. The highest BCUT2D eigenvalue weighted by molar-refractivity contribution is 7.82. The lowest BCUT2D eigenvalue weighted by Gasteiger charge is -1.83. The van der Waals surface area contributed by atoms with Crippen LogP contribution in [0.5, 0.6) is 0 Å². The third kappa shape index (κ3) is 4.93. The average Bonchev–Trinajstić information content (AvgIpc) is 1.38. The van der Waals surface area contributed by atoms with Crippen LogP contribution < -0.4 is 0 Å². The van der Waals surface area contributed by atoms with Crippen LogP contribution in [-0.2, 0) is 0 Å². The van der Waals surface area contributed by atoms with Gasteiger partial charge >= 0.3 is 0 Å². The Balaban J connectivity index is 2.54. The second-order valence-corrected chi connectivity index (χ2v) is 2.23. The van der Waals surface area contributed by atoms with Gasteiger partial charge in [-0.15, -0.1) is 23.2 Å². The van der Waals surface area contributed by atoms with Crippen molar-refractivity contribution in [3.63, 3.8) is 0 Å². The molecule has 0 saturated heterocycles.